The molecule has 1 N–H and O–H groups in total. The molecule has 0 radical (unpaired) electrons. The van der Waals surface area contributed by atoms with Crippen LogP contribution in [-0.4, -0.2) is 65.9 Å². The summed E-state index contributed by atoms with van der Waals surface area (Å²) in [5.41, 5.74) is 0. The highest BCUT2D eigenvalue weighted by atomic mass is 16.5. The Balaban J connectivity index is 2.00. The molecule has 0 bridgehead atoms. The minimum Gasteiger partial charge on any atom is -0.392 e. The molecule has 5 nitrogen and oxygen atoms in total. The van der Waals surface area contributed by atoms with Gasteiger partial charge in [-0.05, 0) is 19.8 Å². The van der Waals surface area contributed by atoms with Crippen molar-refractivity contribution in [3.05, 3.63) is 0 Å². The van der Waals surface area contributed by atoms with Crippen LogP contribution in [0.3, 0.4) is 0 Å². The summed E-state index contributed by atoms with van der Waals surface area (Å²) in [6, 6.07) is 0.384. The lowest BCUT2D eigenvalue weighted by atomic mass is 9.94. The summed E-state index contributed by atoms with van der Waals surface area (Å²) in [5.74, 6) is 0. The lowest BCUT2D eigenvalue weighted by Crippen LogP contribution is -2.53. The first-order valence-electron chi connectivity index (χ1n) is 7.50. The van der Waals surface area contributed by atoms with E-state index in [1.54, 1.807) is 6.92 Å². The van der Waals surface area contributed by atoms with Crippen LogP contribution in [0.4, 0.5) is 4.79 Å². The molecule has 0 aromatic carbocycles. The molecule has 1 aliphatic carbocycles. The summed E-state index contributed by atoms with van der Waals surface area (Å²) < 4.78 is 5.29. The number of urea groups is 1. The van der Waals surface area contributed by atoms with Gasteiger partial charge in [0.25, 0.3) is 0 Å². The van der Waals surface area contributed by atoms with Gasteiger partial charge >= 0.3 is 6.03 Å². The number of carbonyl (C=O) groups is 1. The smallest absolute Gasteiger partial charge is 0.320 e. The second kappa shape index (κ2) is 7.10. The van der Waals surface area contributed by atoms with Crippen molar-refractivity contribution < 1.29 is 14.6 Å². The fourth-order valence-corrected chi connectivity index (χ4v) is 3.00. The first-order valence-corrected chi connectivity index (χ1v) is 7.50. The number of morpholine rings is 1. The standard InChI is InChI=1S/C14H26N2O3/c1-12(17)11-16(13-5-3-2-4-6-13)14(18)15-7-9-19-10-8-15/h12-13,17H,2-11H2,1H3. The van der Waals surface area contributed by atoms with Gasteiger partial charge in [0.1, 0.15) is 0 Å². The quantitative estimate of drug-likeness (QED) is 0.844. The van der Waals surface area contributed by atoms with E-state index in [9.17, 15) is 9.90 Å². The van der Waals surface area contributed by atoms with Gasteiger partial charge in [-0.15, -0.1) is 0 Å². The number of nitrogens with zero attached hydrogens (tertiary/aromatic N) is 2. The van der Waals surface area contributed by atoms with E-state index in [1.807, 2.05) is 9.80 Å². The molecule has 1 aliphatic heterocycles. The maximum Gasteiger partial charge on any atom is 0.320 e. The van der Waals surface area contributed by atoms with E-state index in [1.165, 1.54) is 19.3 Å². The van der Waals surface area contributed by atoms with Gasteiger partial charge in [-0.2, -0.15) is 0 Å². The Bertz CT molecular complexity index is 284. The second-order valence-electron chi connectivity index (χ2n) is 5.68. The third-order valence-electron chi connectivity index (χ3n) is 4.00. The zero-order chi connectivity index (χ0) is 13.7. The monoisotopic (exact) mass is 270 g/mol. The minimum absolute atomic E-state index is 0.0797. The van der Waals surface area contributed by atoms with Gasteiger partial charge in [-0.25, -0.2) is 4.79 Å². The fourth-order valence-electron chi connectivity index (χ4n) is 3.00. The highest BCUT2D eigenvalue weighted by Crippen LogP contribution is 2.24. The van der Waals surface area contributed by atoms with E-state index in [0.29, 0.717) is 38.9 Å². The van der Waals surface area contributed by atoms with Crippen LogP contribution in [0.15, 0.2) is 0 Å². The molecule has 2 aliphatic rings. The predicted octanol–water partition coefficient (Wildman–Crippen LogP) is 1.45. The van der Waals surface area contributed by atoms with Crippen LogP contribution in [0, 0.1) is 0 Å². The van der Waals surface area contributed by atoms with Gasteiger partial charge in [-0.1, -0.05) is 19.3 Å². The second-order valence-corrected chi connectivity index (χ2v) is 5.68. The van der Waals surface area contributed by atoms with E-state index in [4.69, 9.17) is 4.74 Å². The van der Waals surface area contributed by atoms with Crippen LogP contribution >= 0.6 is 0 Å². The number of hydrogen-bond donors (Lipinski definition) is 1. The van der Waals surface area contributed by atoms with Crippen molar-refractivity contribution in [1.82, 2.24) is 9.80 Å². The molecule has 1 heterocycles. The van der Waals surface area contributed by atoms with Crippen molar-refractivity contribution in [3.8, 4) is 0 Å². The Labute approximate surface area is 115 Å². The van der Waals surface area contributed by atoms with E-state index in [0.717, 1.165) is 12.8 Å². The van der Waals surface area contributed by atoms with Gasteiger partial charge in [-0.3, -0.25) is 0 Å². The molecule has 2 amide bonds. The summed E-state index contributed by atoms with van der Waals surface area (Å²) in [4.78, 5) is 16.4. The number of hydrogen-bond acceptors (Lipinski definition) is 3. The van der Waals surface area contributed by atoms with Crippen molar-refractivity contribution in [2.24, 2.45) is 0 Å². The van der Waals surface area contributed by atoms with Gasteiger partial charge in [0, 0.05) is 25.7 Å². The summed E-state index contributed by atoms with van der Waals surface area (Å²) >= 11 is 0. The van der Waals surface area contributed by atoms with Crippen LogP contribution in [0.25, 0.3) is 0 Å². The average Bonchev–Trinajstić information content (AvgIpc) is 2.46. The molecular formula is C14H26N2O3. The maximum atomic E-state index is 12.6. The molecule has 2 fully saturated rings. The number of rotatable bonds is 3. The molecule has 0 aromatic heterocycles. The Kier molecular flexibility index (Phi) is 5.45. The number of aliphatic hydroxyl groups is 1. The number of aliphatic hydroxyl groups excluding tert-OH is 1. The maximum absolute atomic E-state index is 12.6. The number of ether oxygens (including phenoxy) is 1. The Morgan fingerprint density at radius 2 is 1.95 bits per heavy atom. The Morgan fingerprint density at radius 3 is 2.53 bits per heavy atom. The molecule has 5 heteroatoms. The third kappa shape index (κ3) is 4.08. The molecule has 1 unspecified atom stereocenters. The molecule has 1 saturated heterocycles. The molecule has 19 heavy (non-hydrogen) atoms. The lowest BCUT2D eigenvalue weighted by molar-refractivity contribution is 0.0292. The molecule has 0 spiro atoms. The minimum atomic E-state index is -0.466. The molecule has 2 rings (SSSR count). The van der Waals surface area contributed by atoms with E-state index in [-0.39, 0.29) is 6.03 Å². The van der Waals surface area contributed by atoms with Crippen LogP contribution in [0.2, 0.25) is 0 Å². The van der Waals surface area contributed by atoms with Crippen LogP contribution in [0.1, 0.15) is 39.0 Å². The van der Waals surface area contributed by atoms with Crippen LogP contribution < -0.4 is 0 Å². The van der Waals surface area contributed by atoms with Crippen LogP contribution in [-0.2, 0) is 4.74 Å². The summed E-state index contributed by atoms with van der Waals surface area (Å²) in [7, 11) is 0. The highest BCUT2D eigenvalue weighted by molar-refractivity contribution is 5.75. The number of carbonyl (C=O) groups excluding carboxylic acids is 1. The summed E-state index contributed by atoms with van der Waals surface area (Å²) in [6.45, 7) is 4.78. The van der Waals surface area contributed by atoms with Crippen molar-refractivity contribution in [3.63, 3.8) is 0 Å². The zero-order valence-electron chi connectivity index (χ0n) is 11.9. The van der Waals surface area contributed by atoms with Crippen molar-refractivity contribution >= 4 is 6.03 Å². The van der Waals surface area contributed by atoms with Crippen molar-refractivity contribution in [1.29, 1.82) is 0 Å². The molecule has 0 aromatic rings. The normalized spacial score (nSPS) is 23.2. The molecule has 1 atom stereocenters. The molecule has 110 valence electrons. The largest absolute Gasteiger partial charge is 0.392 e. The topological polar surface area (TPSA) is 53.0 Å². The first-order chi connectivity index (χ1) is 9.18. The fraction of sp³-hybridized carbons (Fsp3) is 0.929. The van der Waals surface area contributed by atoms with Crippen molar-refractivity contribution in [2.45, 2.75) is 51.2 Å². The summed E-state index contributed by atoms with van der Waals surface area (Å²) in [6.07, 6.45) is 5.33. The highest BCUT2D eigenvalue weighted by Gasteiger charge is 2.30. The van der Waals surface area contributed by atoms with E-state index < -0.39 is 6.10 Å². The Hall–Kier alpha value is -0.810. The van der Waals surface area contributed by atoms with Crippen LogP contribution in [0.5, 0.6) is 0 Å². The van der Waals surface area contributed by atoms with Crippen molar-refractivity contribution in [2.75, 3.05) is 32.8 Å². The van der Waals surface area contributed by atoms with Gasteiger partial charge in [0.05, 0.1) is 19.3 Å². The zero-order valence-corrected chi connectivity index (χ0v) is 11.9. The average molecular weight is 270 g/mol. The van der Waals surface area contributed by atoms with Gasteiger partial charge < -0.3 is 19.6 Å². The number of amides is 2. The molecular weight excluding hydrogens is 244 g/mol. The van der Waals surface area contributed by atoms with Gasteiger partial charge in [0.15, 0.2) is 0 Å². The van der Waals surface area contributed by atoms with Gasteiger partial charge in [0.2, 0.25) is 0 Å². The first kappa shape index (κ1) is 14.6. The molecule has 1 saturated carbocycles. The summed E-state index contributed by atoms with van der Waals surface area (Å²) in [5, 5.41) is 9.66. The third-order valence-corrected chi connectivity index (χ3v) is 4.00. The van der Waals surface area contributed by atoms with E-state index in [2.05, 4.69) is 0 Å². The lowest BCUT2D eigenvalue weighted by Gasteiger charge is -2.39. The SMILES string of the molecule is CC(O)CN(C(=O)N1CCOCC1)C1CCCCC1. The predicted molar refractivity (Wildman–Crippen MR) is 73.0 cm³/mol. The Morgan fingerprint density at radius 1 is 1.32 bits per heavy atom. The van der Waals surface area contributed by atoms with E-state index >= 15 is 0 Å².